The molecule has 1 aromatic rings. The average Bonchev–Trinajstić information content (AvgIpc) is 2.38. The topological polar surface area (TPSA) is 46.3 Å². The molecule has 1 saturated carbocycles. The highest BCUT2D eigenvalue weighted by atomic mass is 35.5. The second kappa shape index (κ2) is 7.19. The minimum absolute atomic E-state index is 0. The van der Waals surface area contributed by atoms with Crippen molar-refractivity contribution in [2.45, 2.75) is 38.6 Å². The van der Waals surface area contributed by atoms with Crippen molar-refractivity contribution in [3.8, 4) is 0 Å². The smallest absolute Gasteiger partial charge is 0.255 e. The van der Waals surface area contributed by atoms with Crippen molar-refractivity contribution in [3.05, 3.63) is 28.8 Å². The largest absolute Gasteiger partial charge is 0.399 e. The number of nitrogens with two attached hydrogens (primary N) is 1. The van der Waals surface area contributed by atoms with E-state index >= 15 is 0 Å². The molecule has 0 atom stereocenters. The lowest BCUT2D eigenvalue weighted by Gasteiger charge is -2.33. The van der Waals surface area contributed by atoms with Crippen LogP contribution >= 0.6 is 24.0 Å². The third-order valence-electron chi connectivity index (χ3n) is 4.08. The zero-order valence-electron chi connectivity index (χ0n) is 11.9. The summed E-state index contributed by atoms with van der Waals surface area (Å²) in [7, 11) is 1.87. The Morgan fingerprint density at radius 3 is 2.45 bits per heavy atom. The molecule has 20 heavy (non-hydrogen) atoms. The van der Waals surface area contributed by atoms with Gasteiger partial charge in [-0.05, 0) is 49.8 Å². The number of nitrogen functional groups attached to an aromatic ring is 1. The van der Waals surface area contributed by atoms with Crippen molar-refractivity contribution in [1.29, 1.82) is 0 Å². The van der Waals surface area contributed by atoms with E-state index in [2.05, 4.69) is 6.92 Å². The Bertz CT molecular complexity index is 471. The fourth-order valence-electron chi connectivity index (χ4n) is 2.69. The standard InChI is InChI=1S/C15H21ClN2O.ClH/c1-10-3-6-12(7-4-10)18(2)15(19)13-8-5-11(17)9-14(13)16;/h5,8-10,12H,3-4,6-7,17H2,1-2H3;1H. The van der Waals surface area contributed by atoms with Crippen LogP contribution in [0.1, 0.15) is 43.0 Å². The Morgan fingerprint density at radius 1 is 1.30 bits per heavy atom. The van der Waals surface area contributed by atoms with Crippen LogP contribution in [0.25, 0.3) is 0 Å². The third-order valence-corrected chi connectivity index (χ3v) is 4.39. The Kier molecular flexibility index (Phi) is 6.15. The molecule has 112 valence electrons. The van der Waals surface area contributed by atoms with Gasteiger partial charge in [0.05, 0.1) is 10.6 Å². The molecule has 0 spiro atoms. The summed E-state index contributed by atoms with van der Waals surface area (Å²) in [6, 6.07) is 5.39. The van der Waals surface area contributed by atoms with Crippen molar-refractivity contribution < 1.29 is 4.79 Å². The molecule has 0 heterocycles. The molecular formula is C15H22Cl2N2O. The maximum absolute atomic E-state index is 12.5. The Hall–Kier alpha value is -0.930. The SMILES string of the molecule is CC1CCC(N(C)C(=O)c2ccc(N)cc2Cl)CC1.Cl. The number of hydrogen-bond donors (Lipinski definition) is 1. The zero-order chi connectivity index (χ0) is 14.0. The van der Waals surface area contributed by atoms with Gasteiger partial charge in [-0.3, -0.25) is 4.79 Å². The van der Waals surface area contributed by atoms with Gasteiger partial charge < -0.3 is 10.6 Å². The monoisotopic (exact) mass is 316 g/mol. The third kappa shape index (κ3) is 3.80. The number of anilines is 1. The van der Waals surface area contributed by atoms with Crippen molar-refractivity contribution in [2.75, 3.05) is 12.8 Å². The predicted molar refractivity (Wildman–Crippen MR) is 86.6 cm³/mol. The molecule has 3 nitrogen and oxygen atoms in total. The first-order valence-corrected chi connectivity index (χ1v) is 7.19. The van der Waals surface area contributed by atoms with Gasteiger partial charge in [0.15, 0.2) is 0 Å². The molecule has 2 rings (SSSR count). The fourth-order valence-corrected chi connectivity index (χ4v) is 2.96. The molecule has 0 unspecified atom stereocenters. The molecule has 5 heteroatoms. The summed E-state index contributed by atoms with van der Waals surface area (Å²) in [6.07, 6.45) is 4.54. The molecule has 0 aliphatic heterocycles. The van der Waals surface area contributed by atoms with E-state index in [4.69, 9.17) is 17.3 Å². The van der Waals surface area contributed by atoms with Gasteiger partial charge in [-0.25, -0.2) is 0 Å². The summed E-state index contributed by atoms with van der Waals surface area (Å²) >= 11 is 6.10. The predicted octanol–water partition coefficient (Wildman–Crippen LogP) is 3.99. The van der Waals surface area contributed by atoms with Gasteiger partial charge in [0, 0.05) is 18.8 Å². The van der Waals surface area contributed by atoms with Gasteiger partial charge >= 0.3 is 0 Å². The van der Waals surface area contributed by atoms with Crippen LogP contribution in [-0.2, 0) is 0 Å². The molecule has 1 amide bonds. The summed E-state index contributed by atoms with van der Waals surface area (Å²) in [4.78, 5) is 14.3. The number of rotatable bonds is 2. The lowest BCUT2D eigenvalue weighted by atomic mass is 9.86. The van der Waals surface area contributed by atoms with Gasteiger partial charge in [0.1, 0.15) is 0 Å². The second-order valence-corrected chi connectivity index (χ2v) is 5.98. The average molecular weight is 317 g/mol. The van der Waals surface area contributed by atoms with E-state index in [0.717, 1.165) is 18.8 Å². The Balaban J connectivity index is 0.00000200. The van der Waals surface area contributed by atoms with Crippen molar-refractivity contribution in [3.63, 3.8) is 0 Å². The second-order valence-electron chi connectivity index (χ2n) is 5.57. The summed E-state index contributed by atoms with van der Waals surface area (Å²) in [5.41, 5.74) is 6.77. The molecule has 1 aromatic carbocycles. The minimum Gasteiger partial charge on any atom is -0.399 e. The van der Waals surface area contributed by atoms with Gasteiger partial charge in [-0.15, -0.1) is 12.4 Å². The number of benzene rings is 1. The van der Waals surface area contributed by atoms with Crippen molar-refractivity contribution in [1.82, 2.24) is 4.90 Å². The first-order valence-electron chi connectivity index (χ1n) is 6.81. The van der Waals surface area contributed by atoms with E-state index in [1.54, 1.807) is 18.2 Å². The van der Waals surface area contributed by atoms with Gasteiger partial charge in [-0.2, -0.15) is 0 Å². The molecule has 1 fully saturated rings. The van der Waals surface area contributed by atoms with Crippen LogP contribution in [0.3, 0.4) is 0 Å². The maximum Gasteiger partial charge on any atom is 0.255 e. The zero-order valence-corrected chi connectivity index (χ0v) is 13.5. The van der Waals surface area contributed by atoms with Crippen LogP contribution in [0, 0.1) is 5.92 Å². The lowest BCUT2D eigenvalue weighted by Crippen LogP contribution is -2.39. The number of hydrogen-bond acceptors (Lipinski definition) is 2. The summed E-state index contributed by atoms with van der Waals surface area (Å²) in [5, 5.41) is 0.432. The van der Waals surface area contributed by atoms with E-state index in [0.29, 0.717) is 22.3 Å². The fraction of sp³-hybridized carbons (Fsp3) is 0.533. The number of nitrogens with zero attached hydrogens (tertiary/aromatic N) is 1. The summed E-state index contributed by atoms with van der Waals surface area (Å²) < 4.78 is 0. The maximum atomic E-state index is 12.5. The molecule has 1 aliphatic rings. The highest BCUT2D eigenvalue weighted by Gasteiger charge is 2.26. The molecular weight excluding hydrogens is 295 g/mol. The highest BCUT2D eigenvalue weighted by Crippen LogP contribution is 2.28. The highest BCUT2D eigenvalue weighted by molar-refractivity contribution is 6.34. The molecule has 2 N–H and O–H groups in total. The van der Waals surface area contributed by atoms with Crippen LogP contribution in [0.2, 0.25) is 5.02 Å². The van der Waals surface area contributed by atoms with Crippen LogP contribution < -0.4 is 5.73 Å². The lowest BCUT2D eigenvalue weighted by molar-refractivity contribution is 0.0680. The minimum atomic E-state index is -0.00967. The van der Waals surface area contributed by atoms with Crippen LogP contribution in [0.5, 0.6) is 0 Å². The summed E-state index contributed by atoms with van der Waals surface area (Å²) in [6.45, 7) is 2.27. The van der Waals surface area contributed by atoms with Crippen molar-refractivity contribution in [2.24, 2.45) is 5.92 Å². The van der Waals surface area contributed by atoms with Crippen molar-refractivity contribution >= 4 is 35.6 Å². The van der Waals surface area contributed by atoms with Gasteiger partial charge in [0.2, 0.25) is 0 Å². The number of halogens is 2. The number of carbonyl (C=O) groups is 1. The molecule has 0 radical (unpaired) electrons. The quantitative estimate of drug-likeness (QED) is 0.838. The first-order chi connectivity index (χ1) is 8.99. The first kappa shape index (κ1) is 17.1. The van der Waals surface area contributed by atoms with E-state index in [1.807, 2.05) is 11.9 Å². The van der Waals surface area contributed by atoms with Crippen LogP contribution in [0.4, 0.5) is 5.69 Å². The van der Waals surface area contributed by atoms with Gasteiger partial charge in [-0.1, -0.05) is 18.5 Å². The molecule has 1 aliphatic carbocycles. The Labute approximate surface area is 131 Å². The van der Waals surface area contributed by atoms with Gasteiger partial charge in [0.25, 0.3) is 5.91 Å². The van der Waals surface area contributed by atoms with E-state index in [1.165, 1.54) is 12.8 Å². The van der Waals surface area contributed by atoms with E-state index in [-0.39, 0.29) is 18.3 Å². The van der Waals surface area contributed by atoms with Crippen LogP contribution in [0.15, 0.2) is 18.2 Å². The van der Waals surface area contributed by atoms with Crippen LogP contribution in [-0.4, -0.2) is 23.9 Å². The number of carbonyl (C=O) groups excluding carboxylic acids is 1. The van der Waals surface area contributed by atoms with E-state index < -0.39 is 0 Å². The molecule has 0 aromatic heterocycles. The summed E-state index contributed by atoms with van der Waals surface area (Å²) in [5.74, 6) is 0.768. The van der Waals surface area contributed by atoms with E-state index in [9.17, 15) is 4.79 Å². The normalized spacial score (nSPS) is 21.9. The molecule has 0 saturated heterocycles. The number of amides is 1. The molecule has 0 bridgehead atoms. The Morgan fingerprint density at radius 2 is 1.90 bits per heavy atom.